The highest BCUT2D eigenvalue weighted by Crippen LogP contribution is 2.16. The molecule has 0 atom stereocenters. The average molecular weight is 392 g/mol. The molecule has 7 nitrogen and oxygen atoms in total. The molecule has 1 saturated carbocycles. The monoisotopic (exact) mass is 391 g/mol. The largest absolute Gasteiger partial charge is 0.313 e. The Hall–Kier alpha value is 0.0700. The first kappa shape index (κ1) is 23.1. The van der Waals surface area contributed by atoms with Gasteiger partial charge in [0.15, 0.2) is 0 Å². The first-order valence-electron chi connectivity index (χ1n) is 8.03. The summed E-state index contributed by atoms with van der Waals surface area (Å²) in [7, 11) is -6.78. The number of hydrogen-bond acceptors (Lipinski definition) is 5. The molecular formula is C13H30ClN3O4S2. The second-order valence-corrected chi connectivity index (χ2v) is 9.68. The fourth-order valence-electron chi connectivity index (χ4n) is 2.47. The zero-order chi connectivity index (χ0) is 16.5. The van der Waals surface area contributed by atoms with E-state index in [-0.39, 0.29) is 30.5 Å². The van der Waals surface area contributed by atoms with Crippen LogP contribution in [0, 0.1) is 0 Å². The maximum absolute atomic E-state index is 11.7. The molecule has 1 rings (SSSR count). The SMILES string of the molecule is CCS(=O)(=O)NCCS(=O)(=O)NCCNC1CCCCCC1.Cl. The average Bonchev–Trinajstić information content (AvgIpc) is 2.72. The number of rotatable bonds is 10. The summed E-state index contributed by atoms with van der Waals surface area (Å²) in [6.45, 7) is 2.35. The minimum Gasteiger partial charge on any atom is -0.313 e. The van der Waals surface area contributed by atoms with Crippen molar-refractivity contribution in [3.8, 4) is 0 Å². The van der Waals surface area contributed by atoms with Gasteiger partial charge in [-0.05, 0) is 19.8 Å². The van der Waals surface area contributed by atoms with Gasteiger partial charge in [0.2, 0.25) is 20.0 Å². The van der Waals surface area contributed by atoms with Crippen molar-refractivity contribution >= 4 is 32.5 Å². The highest BCUT2D eigenvalue weighted by molar-refractivity contribution is 7.90. The van der Waals surface area contributed by atoms with Gasteiger partial charge >= 0.3 is 0 Å². The molecule has 0 bridgehead atoms. The van der Waals surface area contributed by atoms with Crippen molar-refractivity contribution in [3.63, 3.8) is 0 Å². The van der Waals surface area contributed by atoms with E-state index in [0.29, 0.717) is 19.1 Å². The third-order valence-electron chi connectivity index (χ3n) is 3.81. The van der Waals surface area contributed by atoms with E-state index in [9.17, 15) is 16.8 Å². The van der Waals surface area contributed by atoms with Crippen molar-refractivity contribution in [3.05, 3.63) is 0 Å². The maximum Gasteiger partial charge on any atom is 0.212 e. The lowest BCUT2D eigenvalue weighted by Crippen LogP contribution is -2.39. The van der Waals surface area contributed by atoms with Crippen LogP contribution in [0.25, 0.3) is 0 Å². The Morgan fingerprint density at radius 2 is 1.39 bits per heavy atom. The standard InChI is InChI=1S/C13H29N3O4S2.ClH/c1-2-21(17,18)16-11-12-22(19,20)15-10-9-14-13-7-5-3-4-6-8-13;/h13-16H,2-12H2,1H3;1H. The normalized spacial score (nSPS) is 17.4. The van der Waals surface area contributed by atoms with Gasteiger partial charge in [0.05, 0.1) is 11.5 Å². The molecule has 3 N–H and O–H groups in total. The lowest BCUT2D eigenvalue weighted by molar-refractivity contribution is 0.461. The second kappa shape index (κ2) is 11.6. The smallest absolute Gasteiger partial charge is 0.212 e. The van der Waals surface area contributed by atoms with Crippen LogP contribution in [0.1, 0.15) is 45.4 Å². The van der Waals surface area contributed by atoms with E-state index in [2.05, 4.69) is 14.8 Å². The maximum atomic E-state index is 11.7. The van der Waals surface area contributed by atoms with Crippen molar-refractivity contribution in [2.75, 3.05) is 31.1 Å². The highest BCUT2D eigenvalue weighted by Gasteiger charge is 2.14. The van der Waals surface area contributed by atoms with E-state index in [1.54, 1.807) is 0 Å². The lowest BCUT2D eigenvalue weighted by atomic mass is 10.1. The Morgan fingerprint density at radius 1 is 0.826 bits per heavy atom. The van der Waals surface area contributed by atoms with Crippen LogP contribution in [-0.2, 0) is 20.0 Å². The van der Waals surface area contributed by atoms with Crippen molar-refractivity contribution in [1.82, 2.24) is 14.8 Å². The summed E-state index contributed by atoms with van der Waals surface area (Å²) in [6, 6.07) is 0.489. The minimum atomic E-state index is -3.44. The molecule has 0 saturated heterocycles. The molecule has 0 amide bonds. The summed E-state index contributed by atoms with van der Waals surface area (Å²) in [5.41, 5.74) is 0. The van der Waals surface area contributed by atoms with Crippen molar-refractivity contribution in [2.45, 2.75) is 51.5 Å². The molecule has 1 aliphatic rings. The summed E-state index contributed by atoms with van der Waals surface area (Å²) in [5.74, 6) is -0.290. The summed E-state index contributed by atoms with van der Waals surface area (Å²) < 4.78 is 50.6. The van der Waals surface area contributed by atoms with Gasteiger partial charge in [-0.15, -0.1) is 12.4 Å². The molecule has 140 valence electrons. The van der Waals surface area contributed by atoms with Gasteiger partial charge in [-0.1, -0.05) is 25.7 Å². The van der Waals surface area contributed by atoms with E-state index >= 15 is 0 Å². The second-order valence-electron chi connectivity index (χ2n) is 5.65. The number of hydrogen-bond donors (Lipinski definition) is 3. The molecule has 0 radical (unpaired) electrons. The Morgan fingerprint density at radius 3 is 1.96 bits per heavy atom. The number of halogens is 1. The van der Waals surface area contributed by atoms with E-state index < -0.39 is 20.0 Å². The van der Waals surface area contributed by atoms with Crippen molar-refractivity contribution < 1.29 is 16.8 Å². The topological polar surface area (TPSA) is 104 Å². The fourth-order valence-corrected chi connectivity index (χ4v) is 4.15. The molecule has 0 aromatic rings. The molecule has 1 aliphatic carbocycles. The van der Waals surface area contributed by atoms with Crippen LogP contribution >= 0.6 is 12.4 Å². The molecule has 0 unspecified atom stereocenters. The molecule has 1 fully saturated rings. The minimum absolute atomic E-state index is 0. The molecule has 0 aromatic heterocycles. The van der Waals surface area contributed by atoms with Crippen LogP contribution in [-0.4, -0.2) is 54.0 Å². The Bertz CT molecular complexity index is 503. The van der Waals surface area contributed by atoms with E-state index in [1.807, 2.05) is 0 Å². The van der Waals surface area contributed by atoms with Gasteiger partial charge in [0.1, 0.15) is 0 Å². The molecule has 0 spiro atoms. The van der Waals surface area contributed by atoms with Crippen LogP contribution in [0.2, 0.25) is 0 Å². The predicted octanol–water partition coefficient (Wildman–Crippen LogP) is 0.579. The number of nitrogens with one attached hydrogen (secondary N) is 3. The third kappa shape index (κ3) is 11.3. The molecule has 0 aliphatic heterocycles. The van der Waals surface area contributed by atoms with Gasteiger partial charge in [0.25, 0.3) is 0 Å². The van der Waals surface area contributed by atoms with E-state index in [1.165, 1.54) is 32.6 Å². The van der Waals surface area contributed by atoms with Gasteiger partial charge in [-0.3, -0.25) is 0 Å². The molecule has 0 aromatic carbocycles. The number of sulfonamides is 2. The molecule has 10 heteroatoms. The van der Waals surface area contributed by atoms with E-state index in [4.69, 9.17) is 0 Å². The van der Waals surface area contributed by atoms with Crippen LogP contribution in [0.15, 0.2) is 0 Å². The van der Waals surface area contributed by atoms with Gasteiger partial charge in [-0.25, -0.2) is 26.3 Å². The molecule has 23 heavy (non-hydrogen) atoms. The van der Waals surface area contributed by atoms with Gasteiger partial charge < -0.3 is 5.32 Å². The highest BCUT2D eigenvalue weighted by atomic mass is 35.5. The quantitative estimate of drug-likeness (QED) is 0.373. The zero-order valence-corrected chi connectivity index (χ0v) is 16.2. The van der Waals surface area contributed by atoms with Crippen LogP contribution in [0.5, 0.6) is 0 Å². The first-order valence-corrected chi connectivity index (χ1v) is 11.3. The van der Waals surface area contributed by atoms with Gasteiger partial charge in [-0.2, -0.15) is 0 Å². The van der Waals surface area contributed by atoms with Gasteiger partial charge in [0, 0.05) is 25.7 Å². The summed E-state index contributed by atoms with van der Waals surface area (Å²) in [4.78, 5) is 0. The summed E-state index contributed by atoms with van der Waals surface area (Å²) >= 11 is 0. The van der Waals surface area contributed by atoms with Crippen molar-refractivity contribution in [2.24, 2.45) is 0 Å². The summed E-state index contributed by atoms with van der Waals surface area (Å²) in [5, 5.41) is 3.39. The predicted molar refractivity (Wildman–Crippen MR) is 96.0 cm³/mol. The fraction of sp³-hybridized carbons (Fsp3) is 1.00. The third-order valence-corrected chi connectivity index (χ3v) is 6.60. The molecule has 0 heterocycles. The van der Waals surface area contributed by atoms with Crippen LogP contribution in [0.4, 0.5) is 0 Å². The Balaban J connectivity index is 0.00000484. The van der Waals surface area contributed by atoms with Crippen molar-refractivity contribution in [1.29, 1.82) is 0 Å². The zero-order valence-electron chi connectivity index (χ0n) is 13.7. The van der Waals surface area contributed by atoms with Crippen LogP contribution < -0.4 is 14.8 Å². The molecular weight excluding hydrogens is 362 g/mol. The first-order chi connectivity index (χ1) is 10.3. The lowest BCUT2D eigenvalue weighted by Gasteiger charge is -2.16. The Labute approximate surface area is 146 Å². The van der Waals surface area contributed by atoms with Crippen LogP contribution in [0.3, 0.4) is 0 Å². The van der Waals surface area contributed by atoms with E-state index in [0.717, 1.165) is 12.8 Å². The summed E-state index contributed by atoms with van der Waals surface area (Å²) in [6.07, 6.45) is 7.37. The Kier molecular flexibility index (Phi) is 11.6.